The van der Waals surface area contributed by atoms with E-state index >= 15 is 0 Å². The molecule has 3 rings (SSSR count). The second-order valence-corrected chi connectivity index (χ2v) is 22.6. The number of nitrogens with one attached hydrogen (secondary N) is 2. The number of unbranched alkanes of at least 4 members (excludes halogenated alkanes) is 24. The summed E-state index contributed by atoms with van der Waals surface area (Å²) in [5.74, 6) is -6.14. The van der Waals surface area contributed by atoms with Gasteiger partial charge in [0.2, 0.25) is 11.8 Å². The van der Waals surface area contributed by atoms with Gasteiger partial charge in [0.15, 0.2) is 12.6 Å². The van der Waals surface area contributed by atoms with Crippen LogP contribution in [0.4, 0.5) is 0 Å². The summed E-state index contributed by atoms with van der Waals surface area (Å²) in [4.78, 5) is 38.4. The summed E-state index contributed by atoms with van der Waals surface area (Å²) in [6, 6.07) is -2.61. The van der Waals surface area contributed by atoms with Crippen LogP contribution in [0.2, 0.25) is 0 Å². The zero-order chi connectivity index (χ0) is 59.7. The summed E-state index contributed by atoms with van der Waals surface area (Å²) < 4.78 is 34.7. The van der Waals surface area contributed by atoms with Crippen molar-refractivity contribution >= 4 is 17.8 Å². The largest absolute Gasteiger partial charge is 0.477 e. The van der Waals surface area contributed by atoms with Gasteiger partial charge in [-0.2, -0.15) is 0 Å². The summed E-state index contributed by atoms with van der Waals surface area (Å²) >= 11 is 0. The lowest BCUT2D eigenvalue weighted by Crippen LogP contribution is -2.70. The summed E-state index contributed by atoms with van der Waals surface area (Å²) in [5.41, 5.74) is 0. The second-order valence-electron chi connectivity index (χ2n) is 22.6. The first-order valence-electron chi connectivity index (χ1n) is 30.6. The molecule has 3 aliphatic heterocycles. The number of carboxylic acid groups (broad SMARTS) is 1. The third-order valence-corrected chi connectivity index (χ3v) is 15.7. The number of carboxylic acids is 1. The summed E-state index contributed by atoms with van der Waals surface area (Å²) in [6.45, 7) is 2.09. The molecule has 0 bridgehead atoms. The molecule has 14 N–H and O–H groups in total. The van der Waals surface area contributed by atoms with E-state index in [2.05, 4.69) is 24.5 Å². The van der Waals surface area contributed by atoms with Gasteiger partial charge < -0.3 is 100 Å². The van der Waals surface area contributed by atoms with Crippen LogP contribution in [0.1, 0.15) is 201 Å². The van der Waals surface area contributed by atoms with Gasteiger partial charge in [-0.3, -0.25) is 9.59 Å². The van der Waals surface area contributed by atoms with Crippen molar-refractivity contribution < 1.29 is 104 Å². The molecule has 2 amide bonds. The number of aliphatic carboxylic acids is 1. The second kappa shape index (κ2) is 40.7. The fourth-order valence-corrected chi connectivity index (χ4v) is 10.8. The van der Waals surface area contributed by atoms with Crippen molar-refractivity contribution in [1.29, 1.82) is 0 Å². The first-order chi connectivity index (χ1) is 38.9. The van der Waals surface area contributed by atoms with E-state index in [1.807, 2.05) is 6.08 Å². The predicted octanol–water partition coefficient (Wildman–Crippen LogP) is 2.78. The minimum atomic E-state index is -3.08. The van der Waals surface area contributed by atoms with E-state index in [1.54, 1.807) is 6.08 Å². The van der Waals surface area contributed by atoms with Gasteiger partial charge in [-0.15, -0.1) is 0 Å². The average molecular weight is 1170 g/mol. The number of rotatable bonds is 44. The Morgan fingerprint density at radius 2 is 1.15 bits per heavy atom. The highest BCUT2D eigenvalue weighted by Crippen LogP contribution is 2.38. The number of carbonyl (C=O) groups is 3. The molecular formula is C58H106N2O21. The Hall–Kier alpha value is -2.53. The first-order valence-corrected chi connectivity index (χ1v) is 30.6. The number of hydrogen-bond donors (Lipinski definition) is 14. The van der Waals surface area contributed by atoms with Gasteiger partial charge in [-0.05, 0) is 19.3 Å². The number of ether oxygens (including phenoxy) is 6. The molecule has 0 aromatic heterocycles. The topological polar surface area (TPSA) is 373 Å². The van der Waals surface area contributed by atoms with Gasteiger partial charge in [0, 0.05) is 19.8 Å². The maximum absolute atomic E-state index is 13.3. The quantitative estimate of drug-likeness (QED) is 0.0308. The standard InChI is InChI=1S/C58H106N2O21/c1-4-6-8-10-12-14-16-18-20-22-24-26-28-30-32-45(68)60-39(40(65)31-29-27-25-23-21-19-17-15-13-11-9-7-5-2)37-76-55-50(72)49(71)52(44(36-63)78-55)79-56-51(73)54(48(70)43(35-62)77-56)81-58(57(74)75)33-41(66)46(59-38(3)64)53(80-58)47(69)42(67)34-61/h29,31,39-44,46-56,61-63,65-67,69-73H,4-28,30,32-37H2,1-3H3,(H,59,64)(H,60,68)(H,74,75)/b31-29+. The van der Waals surface area contributed by atoms with E-state index in [0.29, 0.717) is 12.8 Å². The van der Waals surface area contributed by atoms with Crippen LogP contribution >= 0.6 is 0 Å². The van der Waals surface area contributed by atoms with E-state index in [-0.39, 0.29) is 12.3 Å². The number of carbonyl (C=O) groups excluding carboxylic acids is 2. The van der Waals surface area contributed by atoms with E-state index in [1.165, 1.54) is 109 Å². The van der Waals surface area contributed by atoms with E-state index in [9.17, 15) is 75.7 Å². The van der Waals surface area contributed by atoms with Gasteiger partial charge in [-0.1, -0.05) is 174 Å². The lowest BCUT2D eigenvalue weighted by atomic mass is 9.88. The van der Waals surface area contributed by atoms with Gasteiger partial charge >= 0.3 is 5.97 Å². The lowest BCUT2D eigenvalue weighted by Gasteiger charge is -2.50. The fourth-order valence-electron chi connectivity index (χ4n) is 10.8. The van der Waals surface area contributed by atoms with Crippen molar-refractivity contribution in [1.82, 2.24) is 10.6 Å². The fraction of sp³-hybridized carbons (Fsp3) is 0.914. The average Bonchev–Trinajstić information content (AvgIpc) is 3.55. The highest BCUT2D eigenvalue weighted by molar-refractivity contribution is 5.77. The Morgan fingerprint density at radius 1 is 0.642 bits per heavy atom. The molecule has 0 saturated carbocycles. The van der Waals surface area contributed by atoms with Crippen molar-refractivity contribution in [3.05, 3.63) is 12.2 Å². The molecular weight excluding hydrogens is 1060 g/mol. The normalized spacial score (nSPS) is 30.5. The SMILES string of the molecule is CCCCCCCCCCCCC/C=C/C(O)C(COC1OC(CO)C(OC2OC(CO)C(O)C(OC3(C(=O)O)CC(O)C(NC(C)=O)C(C(O)C(O)CO)O3)C2O)C(O)C1O)NC(=O)CCCCCCCCCCCCCCCC. The third kappa shape index (κ3) is 25.1. The first kappa shape index (κ1) is 72.7. The molecule has 18 atom stereocenters. The van der Waals surface area contributed by atoms with Gasteiger partial charge in [-0.25, -0.2) is 4.79 Å². The highest BCUT2D eigenvalue weighted by atomic mass is 16.8. The summed E-state index contributed by atoms with van der Waals surface area (Å²) in [5, 5.41) is 135. The lowest BCUT2D eigenvalue weighted by molar-refractivity contribution is -0.386. The number of amides is 2. The zero-order valence-electron chi connectivity index (χ0n) is 48.6. The van der Waals surface area contributed by atoms with Gasteiger partial charge in [0.1, 0.15) is 67.1 Å². The third-order valence-electron chi connectivity index (χ3n) is 15.7. The molecule has 81 heavy (non-hydrogen) atoms. The van der Waals surface area contributed by atoms with Crippen LogP contribution in [0.25, 0.3) is 0 Å². The molecule has 0 aliphatic carbocycles. The minimum Gasteiger partial charge on any atom is -0.477 e. The Morgan fingerprint density at radius 3 is 1.64 bits per heavy atom. The molecule has 0 radical (unpaired) electrons. The summed E-state index contributed by atoms with van der Waals surface area (Å²) in [6.07, 6.45) is 4.22. The Labute approximate surface area is 480 Å². The van der Waals surface area contributed by atoms with Crippen LogP contribution in [0.15, 0.2) is 12.2 Å². The molecule has 3 fully saturated rings. The van der Waals surface area contributed by atoms with Crippen LogP contribution in [0.3, 0.4) is 0 Å². The van der Waals surface area contributed by atoms with Crippen LogP contribution in [-0.4, -0.2) is 215 Å². The Bertz CT molecular complexity index is 1720. The van der Waals surface area contributed by atoms with Crippen LogP contribution < -0.4 is 10.6 Å². The van der Waals surface area contributed by atoms with Gasteiger partial charge in [0.05, 0.1) is 50.7 Å². The molecule has 0 aromatic rings. The molecule has 3 heterocycles. The zero-order valence-corrected chi connectivity index (χ0v) is 48.6. The smallest absolute Gasteiger partial charge is 0.364 e. The van der Waals surface area contributed by atoms with Crippen molar-refractivity contribution in [3.63, 3.8) is 0 Å². The molecule has 0 spiro atoms. The Kier molecular flexibility index (Phi) is 36.6. The minimum absolute atomic E-state index is 0.204. The molecule has 474 valence electrons. The predicted molar refractivity (Wildman–Crippen MR) is 297 cm³/mol. The Balaban J connectivity index is 1.68. The highest BCUT2D eigenvalue weighted by Gasteiger charge is 2.60. The van der Waals surface area contributed by atoms with Crippen molar-refractivity contribution in [3.8, 4) is 0 Å². The molecule has 3 saturated heterocycles. The monoisotopic (exact) mass is 1170 g/mol. The van der Waals surface area contributed by atoms with Crippen LogP contribution in [0, 0.1) is 0 Å². The van der Waals surface area contributed by atoms with E-state index < -0.39 is 155 Å². The molecule has 3 aliphatic rings. The number of hydrogen-bond acceptors (Lipinski definition) is 20. The van der Waals surface area contributed by atoms with Crippen molar-refractivity contribution in [2.24, 2.45) is 0 Å². The molecule has 0 aromatic carbocycles. The molecule has 23 heteroatoms. The molecule has 23 nitrogen and oxygen atoms in total. The number of aliphatic hydroxyl groups is 11. The van der Waals surface area contributed by atoms with E-state index in [4.69, 9.17) is 28.4 Å². The van der Waals surface area contributed by atoms with Gasteiger partial charge in [0.25, 0.3) is 5.79 Å². The van der Waals surface area contributed by atoms with Crippen molar-refractivity contribution in [2.45, 2.75) is 310 Å². The van der Waals surface area contributed by atoms with Crippen LogP contribution in [0.5, 0.6) is 0 Å². The van der Waals surface area contributed by atoms with Crippen molar-refractivity contribution in [2.75, 3.05) is 26.4 Å². The maximum atomic E-state index is 13.3. The van der Waals surface area contributed by atoms with Crippen LogP contribution in [-0.2, 0) is 42.8 Å². The molecule has 18 unspecified atom stereocenters. The number of aliphatic hydroxyl groups excluding tert-OH is 11. The summed E-state index contributed by atoms with van der Waals surface area (Å²) in [7, 11) is 0. The number of allylic oxidation sites excluding steroid dienone is 1. The maximum Gasteiger partial charge on any atom is 0.364 e. The van der Waals surface area contributed by atoms with E-state index in [0.717, 1.165) is 51.9 Å².